The summed E-state index contributed by atoms with van der Waals surface area (Å²) in [7, 11) is -1.41. The molecule has 0 radical (unpaired) electrons. The summed E-state index contributed by atoms with van der Waals surface area (Å²) < 4.78 is 27.2. The zero-order valence-electron chi connectivity index (χ0n) is 15.3. The molecule has 0 spiro atoms. The van der Waals surface area contributed by atoms with Gasteiger partial charge in [0.1, 0.15) is 0 Å². The predicted molar refractivity (Wildman–Crippen MR) is 101 cm³/mol. The number of amides is 1. The van der Waals surface area contributed by atoms with Crippen molar-refractivity contribution in [3.63, 3.8) is 0 Å². The van der Waals surface area contributed by atoms with Gasteiger partial charge in [0, 0.05) is 44.3 Å². The van der Waals surface area contributed by atoms with Gasteiger partial charge in [-0.1, -0.05) is 6.07 Å². The first-order chi connectivity index (χ1) is 12.4. The largest absolute Gasteiger partial charge is 0.352 e. The second kappa shape index (κ2) is 8.47. The lowest BCUT2D eigenvalue weighted by Gasteiger charge is -2.32. The van der Waals surface area contributed by atoms with E-state index in [2.05, 4.69) is 26.9 Å². The van der Waals surface area contributed by atoms with E-state index in [-0.39, 0.29) is 16.8 Å². The van der Waals surface area contributed by atoms with Gasteiger partial charge in [0.05, 0.1) is 4.90 Å². The zero-order chi connectivity index (χ0) is 18.6. The Bertz CT molecular complexity index is 726. The van der Waals surface area contributed by atoms with Gasteiger partial charge in [-0.3, -0.25) is 4.79 Å². The number of rotatable bonds is 8. The Morgan fingerprint density at radius 2 is 1.92 bits per heavy atom. The third-order valence-corrected chi connectivity index (χ3v) is 6.36. The summed E-state index contributed by atoms with van der Waals surface area (Å²) in [5, 5.41) is 2.89. The number of hydrogen-bond acceptors (Lipinski definition) is 5. The maximum atomic E-state index is 12.3. The molecule has 0 unspecified atom stereocenters. The third-order valence-electron chi connectivity index (χ3n) is 4.84. The molecular weight excluding hydrogens is 352 g/mol. The van der Waals surface area contributed by atoms with Crippen molar-refractivity contribution in [1.82, 2.24) is 19.8 Å². The normalized spacial score (nSPS) is 19.4. The summed E-state index contributed by atoms with van der Waals surface area (Å²) in [6.45, 7) is 5.86. The minimum atomic E-state index is -3.54. The minimum Gasteiger partial charge on any atom is -0.352 e. The van der Waals surface area contributed by atoms with Crippen LogP contribution in [-0.4, -0.2) is 76.5 Å². The number of hydrogen-bond donors (Lipinski definition) is 2. The third kappa shape index (κ3) is 5.51. The maximum absolute atomic E-state index is 12.3. The zero-order valence-corrected chi connectivity index (χ0v) is 16.1. The van der Waals surface area contributed by atoms with E-state index in [9.17, 15) is 13.2 Å². The number of likely N-dealkylation sites (N-methyl/N-ethyl adjacent to an activating group) is 1. The fourth-order valence-electron chi connectivity index (χ4n) is 2.97. The average Bonchev–Trinajstić information content (AvgIpc) is 3.43. The first kappa shape index (κ1) is 19.3. The van der Waals surface area contributed by atoms with E-state index in [4.69, 9.17) is 0 Å². The minimum absolute atomic E-state index is 0.0482. The van der Waals surface area contributed by atoms with E-state index in [0.717, 1.165) is 52.0 Å². The number of nitrogens with zero attached hydrogens (tertiary/aromatic N) is 2. The number of nitrogens with one attached hydrogen (secondary N) is 2. The Morgan fingerprint density at radius 3 is 2.62 bits per heavy atom. The van der Waals surface area contributed by atoms with Gasteiger partial charge >= 0.3 is 0 Å². The highest BCUT2D eigenvalue weighted by Crippen LogP contribution is 2.22. The van der Waals surface area contributed by atoms with Gasteiger partial charge in [-0.25, -0.2) is 13.1 Å². The predicted octanol–water partition coefficient (Wildman–Crippen LogP) is 0.495. The number of benzene rings is 1. The molecule has 1 aromatic carbocycles. The molecule has 1 heterocycles. The molecule has 2 N–H and O–H groups in total. The summed E-state index contributed by atoms with van der Waals surface area (Å²) in [4.78, 5) is 17.2. The molecule has 1 amide bonds. The molecule has 0 aromatic heterocycles. The lowest BCUT2D eigenvalue weighted by molar-refractivity contribution is 0.0949. The molecule has 1 saturated carbocycles. The van der Waals surface area contributed by atoms with Crippen LogP contribution in [0.2, 0.25) is 0 Å². The average molecular weight is 381 g/mol. The van der Waals surface area contributed by atoms with Crippen molar-refractivity contribution < 1.29 is 13.2 Å². The van der Waals surface area contributed by atoms with Crippen LogP contribution in [0.25, 0.3) is 0 Å². The van der Waals surface area contributed by atoms with Crippen molar-refractivity contribution in [2.75, 3.05) is 46.3 Å². The quantitative estimate of drug-likeness (QED) is 0.642. The maximum Gasteiger partial charge on any atom is 0.251 e. The Kier molecular flexibility index (Phi) is 6.29. The summed E-state index contributed by atoms with van der Waals surface area (Å²) >= 11 is 0. The number of piperazine rings is 1. The smallest absolute Gasteiger partial charge is 0.251 e. The van der Waals surface area contributed by atoms with Crippen LogP contribution in [0.15, 0.2) is 29.2 Å². The van der Waals surface area contributed by atoms with E-state index in [1.165, 1.54) is 12.1 Å². The lowest BCUT2D eigenvalue weighted by atomic mass is 10.2. The van der Waals surface area contributed by atoms with Crippen molar-refractivity contribution in [3.8, 4) is 0 Å². The molecule has 0 bridgehead atoms. The molecule has 26 heavy (non-hydrogen) atoms. The molecule has 1 aliphatic carbocycles. The fraction of sp³-hybridized carbons (Fsp3) is 0.611. The SMILES string of the molecule is CN1CCN(CCCNC(=O)c2cccc(S(=O)(=O)NC3CC3)c2)CC1. The molecule has 3 rings (SSSR count). The van der Waals surface area contributed by atoms with Gasteiger partial charge in [0.25, 0.3) is 5.91 Å². The highest BCUT2D eigenvalue weighted by atomic mass is 32.2. The molecule has 1 aromatic rings. The summed E-state index contributed by atoms with van der Waals surface area (Å²) in [6.07, 6.45) is 2.65. The van der Waals surface area contributed by atoms with Crippen LogP contribution in [0, 0.1) is 0 Å². The van der Waals surface area contributed by atoms with Crippen LogP contribution in [0.5, 0.6) is 0 Å². The standard InChI is InChI=1S/C18H28N4O3S/c1-21-10-12-22(13-11-21)9-3-8-19-18(23)15-4-2-5-17(14-15)26(24,25)20-16-6-7-16/h2,4-5,14,16,20H,3,6-13H2,1H3,(H,19,23). The van der Waals surface area contributed by atoms with Gasteiger partial charge in [0.15, 0.2) is 0 Å². The van der Waals surface area contributed by atoms with E-state index >= 15 is 0 Å². The van der Waals surface area contributed by atoms with Gasteiger partial charge in [0.2, 0.25) is 10.0 Å². The second-order valence-electron chi connectivity index (χ2n) is 7.18. The molecule has 8 heteroatoms. The Hall–Kier alpha value is -1.48. The van der Waals surface area contributed by atoms with Gasteiger partial charge in [-0.05, 0) is 51.1 Å². The Balaban J connectivity index is 1.46. The second-order valence-corrected chi connectivity index (χ2v) is 8.89. The lowest BCUT2D eigenvalue weighted by Crippen LogP contribution is -2.45. The fourth-order valence-corrected chi connectivity index (χ4v) is 4.32. The number of carbonyl (C=O) groups excluding carboxylic acids is 1. The van der Waals surface area contributed by atoms with E-state index in [0.29, 0.717) is 12.1 Å². The number of sulfonamides is 1. The highest BCUT2D eigenvalue weighted by Gasteiger charge is 2.28. The van der Waals surface area contributed by atoms with Crippen LogP contribution in [-0.2, 0) is 10.0 Å². The molecule has 2 fully saturated rings. The summed E-state index contributed by atoms with van der Waals surface area (Å²) in [5.74, 6) is -0.230. The summed E-state index contributed by atoms with van der Waals surface area (Å²) in [5.41, 5.74) is 0.378. The van der Waals surface area contributed by atoms with Crippen LogP contribution >= 0.6 is 0 Å². The molecular formula is C18H28N4O3S. The van der Waals surface area contributed by atoms with Crippen LogP contribution in [0.4, 0.5) is 0 Å². The molecule has 144 valence electrons. The monoisotopic (exact) mass is 380 g/mol. The van der Waals surface area contributed by atoms with Crippen molar-refractivity contribution in [3.05, 3.63) is 29.8 Å². The van der Waals surface area contributed by atoms with Crippen molar-refractivity contribution in [2.45, 2.75) is 30.2 Å². The van der Waals surface area contributed by atoms with Crippen LogP contribution in [0.1, 0.15) is 29.6 Å². The molecule has 1 saturated heterocycles. The van der Waals surface area contributed by atoms with Gasteiger partial charge in [-0.15, -0.1) is 0 Å². The topological polar surface area (TPSA) is 81.8 Å². The summed E-state index contributed by atoms with van der Waals surface area (Å²) in [6, 6.07) is 6.27. The van der Waals surface area contributed by atoms with Gasteiger partial charge < -0.3 is 15.1 Å². The molecule has 0 atom stereocenters. The van der Waals surface area contributed by atoms with Gasteiger partial charge in [-0.2, -0.15) is 0 Å². The van der Waals surface area contributed by atoms with E-state index in [1.807, 2.05) is 0 Å². The van der Waals surface area contributed by atoms with E-state index < -0.39 is 10.0 Å². The molecule has 2 aliphatic rings. The molecule has 1 aliphatic heterocycles. The van der Waals surface area contributed by atoms with E-state index in [1.54, 1.807) is 12.1 Å². The number of carbonyl (C=O) groups is 1. The first-order valence-electron chi connectivity index (χ1n) is 9.25. The van der Waals surface area contributed by atoms with Crippen molar-refractivity contribution >= 4 is 15.9 Å². The Labute approximate surface area is 155 Å². The van der Waals surface area contributed by atoms with Crippen LogP contribution < -0.4 is 10.0 Å². The van der Waals surface area contributed by atoms with Crippen molar-refractivity contribution in [2.24, 2.45) is 0 Å². The first-order valence-corrected chi connectivity index (χ1v) is 10.7. The molecule has 7 nitrogen and oxygen atoms in total. The highest BCUT2D eigenvalue weighted by molar-refractivity contribution is 7.89. The van der Waals surface area contributed by atoms with Crippen molar-refractivity contribution in [1.29, 1.82) is 0 Å². The Morgan fingerprint density at radius 1 is 1.19 bits per heavy atom. The van der Waals surface area contributed by atoms with Crippen LogP contribution in [0.3, 0.4) is 0 Å².